The summed E-state index contributed by atoms with van der Waals surface area (Å²) in [6.07, 6.45) is 8.37. The Bertz CT molecular complexity index is 1130. The van der Waals surface area contributed by atoms with E-state index in [2.05, 4.69) is 57.9 Å². The number of amides is 1. The van der Waals surface area contributed by atoms with Crippen LogP contribution in [0.4, 0.5) is 11.5 Å². The number of primary amides is 1. The van der Waals surface area contributed by atoms with E-state index in [1.165, 1.54) is 59.8 Å². The molecule has 3 heterocycles. The summed E-state index contributed by atoms with van der Waals surface area (Å²) in [5.74, 6) is 0.0226. The molecule has 33 heavy (non-hydrogen) atoms. The Morgan fingerprint density at radius 1 is 1.15 bits per heavy atom. The lowest BCUT2D eigenvalue weighted by atomic mass is 10.0. The number of benzene rings is 1. The van der Waals surface area contributed by atoms with Gasteiger partial charge in [-0.3, -0.25) is 4.79 Å². The average molecular weight is 449 g/mol. The van der Waals surface area contributed by atoms with Gasteiger partial charge in [0.05, 0.1) is 23.7 Å². The van der Waals surface area contributed by atoms with E-state index >= 15 is 0 Å². The maximum atomic E-state index is 11.4. The first-order valence-corrected chi connectivity index (χ1v) is 11.4. The molecule has 0 atom stereocenters. The molecule has 0 saturated carbocycles. The van der Waals surface area contributed by atoms with Crippen LogP contribution in [0.3, 0.4) is 0 Å². The van der Waals surface area contributed by atoms with Crippen LogP contribution >= 0.6 is 0 Å². The number of anilines is 2. The molecule has 4 rings (SSSR count). The summed E-state index contributed by atoms with van der Waals surface area (Å²) in [4.78, 5) is 25.3. The quantitative estimate of drug-likeness (QED) is 0.543. The lowest BCUT2D eigenvalue weighted by molar-refractivity contribution is 0.100. The van der Waals surface area contributed by atoms with Crippen LogP contribution in [-0.2, 0) is 0 Å². The Morgan fingerprint density at radius 3 is 2.48 bits per heavy atom. The number of hydrogen-bond donors (Lipinski definition) is 2. The molecule has 1 fully saturated rings. The van der Waals surface area contributed by atoms with Crippen LogP contribution < -0.4 is 16.4 Å². The van der Waals surface area contributed by atoms with Crippen LogP contribution in [0.1, 0.15) is 40.7 Å². The number of rotatable bonds is 8. The summed E-state index contributed by atoms with van der Waals surface area (Å²) in [6.45, 7) is 8.91. The Kier molecular flexibility index (Phi) is 6.60. The molecule has 0 spiro atoms. The molecule has 9 nitrogen and oxygen atoms in total. The van der Waals surface area contributed by atoms with Crippen molar-refractivity contribution in [1.82, 2.24) is 24.6 Å². The van der Waals surface area contributed by atoms with Gasteiger partial charge in [-0.1, -0.05) is 0 Å². The summed E-state index contributed by atoms with van der Waals surface area (Å²) in [7, 11) is 2.16. The van der Waals surface area contributed by atoms with Gasteiger partial charge in [-0.15, -0.1) is 0 Å². The molecular weight excluding hydrogens is 416 g/mol. The van der Waals surface area contributed by atoms with Crippen molar-refractivity contribution in [3.8, 4) is 17.1 Å². The van der Waals surface area contributed by atoms with Crippen molar-refractivity contribution in [2.24, 2.45) is 5.73 Å². The number of likely N-dealkylation sites (tertiary alicyclic amines) is 1. The molecule has 0 aliphatic carbocycles. The summed E-state index contributed by atoms with van der Waals surface area (Å²) in [5.41, 5.74) is 16.9. The Balaban J connectivity index is 1.55. The van der Waals surface area contributed by atoms with Gasteiger partial charge < -0.3 is 21.3 Å². The van der Waals surface area contributed by atoms with Gasteiger partial charge >= 0.3 is 0 Å². The minimum Gasteiger partial charge on any atom is -0.381 e. The van der Waals surface area contributed by atoms with Crippen molar-refractivity contribution < 1.29 is 4.79 Å². The Labute approximate surface area is 194 Å². The van der Waals surface area contributed by atoms with Crippen molar-refractivity contribution in [3.63, 3.8) is 0 Å². The van der Waals surface area contributed by atoms with Crippen LogP contribution in [0.15, 0.2) is 30.7 Å². The van der Waals surface area contributed by atoms with E-state index < -0.39 is 5.91 Å². The molecule has 0 radical (unpaired) electrons. The topological polar surface area (TPSA) is 119 Å². The largest absolute Gasteiger partial charge is 0.381 e. The van der Waals surface area contributed by atoms with Gasteiger partial charge in [0.25, 0.3) is 5.91 Å². The van der Waals surface area contributed by atoms with Crippen LogP contribution in [0.5, 0.6) is 0 Å². The van der Waals surface area contributed by atoms with E-state index in [-0.39, 0.29) is 11.4 Å². The number of nitrogen functional groups attached to an aromatic ring is 1. The SMILES string of the molecule is Cc1cc(-c2cnc(N)c(-n3cc(C(N)=O)cn3)n2)cc(C)c1N(C)CCCN1CCCC1. The highest BCUT2D eigenvalue weighted by Gasteiger charge is 2.16. The summed E-state index contributed by atoms with van der Waals surface area (Å²) >= 11 is 0. The van der Waals surface area contributed by atoms with Crippen LogP contribution in [0.25, 0.3) is 17.1 Å². The molecule has 1 saturated heterocycles. The maximum Gasteiger partial charge on any atom is 0.251 e. The predicted molar refractivity (Wildman–Crippen MR) is 131 cm³/mol. The van der Waals surface area contributed by atoms with Crippen molar-refractivity contribution in [2.45, 2.75) is 33.1 Å². The highest BCUT2D eigenvalue weighted by Crippen LogP contribution is 2.30. The molecule has 1 aliphatic rings. The number of hydrogen-bond acceptors (Lipinski definition) is 7. The fraction of sp³-hybridized carbons (Fsp3) is 0.417. The number of nitrogens with two attached hydrogens (primary N) is 2. The Hall–Kier alpha value is -3.46. The fourth-order valence-corrected chi connectivity index (χ4v) is 4.62. The van der Waals surface area contributed by atoms with Crippen molar-refractivity contribution in [1.29, 1.82) is 0 Å². The van der Waals surface area contributed by atoms with Gasteiger partial charge in [-0.05, 0) is 76.0 Å². The minimum absolute atomic E-state index is 0.223. The van der Waals surface area contributed by atoms with Gasteiger partial charge in [0.2, 0.25) is 0 Å². The lowest BCUT2D eigenvalue weighted by Gasteiger charge is -2.25. The smallest absolute Gasteiger partial charge is 0.251 e. The highest BCUT2D eigenvalue weighted by atomic mass is 16.1. The second kappa shape index (κ2) is 9.58. The molecule has 1 amide bonds. The molecule has 1 aliphatic heterocycles. The van der Waals surface area contributed by atoms with E-state index in [1.807, 2.05) is 0 Å². The van der Waals surface area contributed by atoms with Gasteiger partial charge in [0, 0.05) is 31.0 Å². The zero-order valence-electron chi connectivity index (χ0n) is 19.6. The molecule has 2 aromatic heterocycles. The van der Waals surface area contributed by atoms with E-state index in [1.54, 1.807) is 6.20 Å². The van der Waals surface area contributed by atoms with E-state index in [0.717, 1.165) is 25.1 Å². The fourth-order valence-electron chi connectivity index (χ4n) is 4.62. The zero-order valence-corrected chi connectivity index (χ0v) is 19.6. The highest BCUT2D eigenvalue weighted by molar-refractivity contribution is 5.92. The monoisotopic (exact) mass is 448 g/mol. The third-order valence-electron chi connectivity index (χ3n) is 6.20. The maximum absolute atomic E-state index is 11.4. The number of carbonyl (C=O) groups is 1. The molecule has 0 bridgehead atoms. The average Bonchev–Trinajstić information content (AvgIpc) is 3.46. The number of aromatic nitrogens is 4. The summed E-state index contributed by atoms with van der Waals surface area (Å²) in [6, 6.07) is 4.25. The molecule has 174 valence electrons. The zero-order chi connectivity index (χ0) is 23.5. The van der Waals surface area contributed by atoms with Gasteiger partial charge in [0.1, 0.15) is 0 Å². The molecular formula is C24H32N8O. The van der Waals surface area contributed by atoms with E-state index in [0.29, 0.717) is 11.5 Å². The Morgan fingerprint density at radius 2 is 1.85 bits per heavy atom. The summed E-state index contributed by atoms with van der Waals surface area (Å²) in [5, 5.41) is 4.16. The van der Waals surface area contributed by atoms with Crippen molar-refractivity contribution >= 4 is 17.4 Å². The number of carbonyl (C=O) groups excluding carboxylic acids is 1. The summed E-state index contributed by atoms with van der Waals surface area (Å²) < 4.78 is 1.42. The number of aryl methyl sites for hydroxylation is 2. The van der Waals surface area contributed by atoms with Gasteiger partial charge in [0.15, 0.2) is 11.6 Å². The van der Waals surface area contributed by atoms with Crippen molar-refractivity contribution in [3.05, 3.63) is 47.4 Å². The second-order valence-electron chi connectivity index (χ2n) is 8.78. The third-order valence-corrected chi connectivity index (χ3v) is 6.20. The van der Waals surface area contributed by atoms with Crippen LogP contribution in [-0.4, -0.2) is 63.8 Å². The molecule has 4 N–H and O–H groups in total. The molecule has 3 aromatic rings. The number of nitrogens with zero attached hydrogens (tertiary/aromatic N) is 6. The standard InChI is InChI=1S/C24H32N8O/c1-16-11-18(12-17(2)21(16)30(3)7-6-10-31-8-4-5-9-31)20-14-27-22(25)24(29-20)32-15-19(13-28-32)23(26)33/h11-15H,4-10H2,1-3H3,(H2,25,27)(H2,26,33). The van der Waals surface area contributed by atoms with Crippen LogP contribution in [0, 0.1) is 13.8 Å². The lowest BCUT2D eigenvalue weighted by Crippen LogP contribution is -2.26. The first-order chi connectivity index (χ1) is 15.8. The van der Waals surface area contributed by atoms with E-state index in [4.69, 9.17) is 11.5 Å². The van der Waals surface area contributed by atoms with E-state index in [9.17, 15) is 4.79 Å². The first kappa shape index (κ1) is 22.7. The van der Waals surface area contributed by atoms with Crippen molar-refractivity contribution in [2.75, 3.05) is 43.9 Å². The molecule has 1 aromatic carbocycles. The normalized spacial score (nSPS) is 14.0. The van der Waals surface area contributed by atoms with Gasteiger partial charge in [-0.25, -0.2) is 14.6 Å². The second-order valence-corrected chi connectivity index (χ2v) is 8.78. The first-order valence-electron chi connectivity index (χ1n) is 11.4. The van der Waals surface area contributed by atoms with Gasteiger partial charge in [-0.2, -0.15) is 5.10 Å². The molecule has 0 unspecified atom stereocenters. The predicted octanol–water partition coefficient (Wildman–Crippen LogP) is 2.55. The minimum atomic E-state index is -0.560. The molecule has 9 heteroatoms. The third kappa shape index (κ3) is 4.98. The van der Waals surface area contributed by atoms with Crippen LogP contribution in [0.2, 0.25) is 0 Å².